The summed E-state index contributed by atoms with van der Waals surface area (Å²) in [6.07, 6.45) is 2.87. The van der Waals surface area contributed by atoms with Crippen LogP contribution in [0, 0.1) is 5.41 Å². The second-order valence-electron chi connectivity index (χ2n) is 6.27. The second-order valence-corrected chi connectivity index (χ2v) is 7.68. The average molecular weight is 242 g/mol. The molecular formula is C13H26N2S. The molecule has 2 saturated heterocycles. The molecule has 2 unspecified atom stereocenters. The fourth-order valence-corrected chi connectivity index (χ4v) is 3.95. The van der Waals surface area contributed by atoms with Gasteiger partial charge in [0.15, 0.2) is 0 Å². The van der Waals surface area contributed by atoms with Gasteiger partial charge in [-0.2, -0.15) is 11.8 Å². The lowest BCUT2D eigenvalue weighted by molar-refractivity contribution is 0.134. The van der Waals surface area contributed by atoms with Gasteiger partial charge in [0.2, 0.25) is 0 Å². The molecule has 0 radical (unpaired) electrons. The smallest absolute Gasteiger partial charge is 0.0244 e. The molecule has 1 N–H and O–H groups in total. The van der Waals surface area contributed by atoms with Crippen molar-refractivity contribution < 1.29 is 0 Å². The van der Waals surface area contributed by atoms with Gasteiger partial charge in [0.25, 0.3) is 0 Å². The van der Waals surface area contributed by atoms with E-state index in [0.717, 1.165) is 5.25 Å². The van der Waals surface area contributed by atoms with E-state index in [1.807, 2.05) is 0 Å². The van der Waals surface area contributed by atoms with Crippen LogP contribution in [0.3, 0.4) is 0 Å². The third kappa shape index (κ3) is 3.38. The molecule has 0 aromatic rings. The molecule has 2 nitrogen and oxygen atoms in total. The monoisotopic (exact) mass is 242 g/mol. The van der Waals surface area contributed by atoms with Crippen LogP contribution in [0.15, 0.2) is 0 Å². The van der Waals surface area contributed by atoms with E-state index >= 15 is 0 Å². The summed E-state index contributed by atoms with van der Waals surface area (Å²) in [5, 5.41) is 4.58. The van der Waals surface area contributed by atoms with Crippen LogP contribution in [0.1, 0.15) is 33.6 Å². The predicted octanol–water partition coefficient (Wildman–Crippen LogP) is 2.20. The van der Waals surface area contributed by atoms with Crippen molar-refractivity contribution in [3.8, 4) is 0 Å². The Hall–Kier alpha value is 0.270. The van der Waals surface area contributed by atoms with Gasteiger partial charge in [-0.05, 0) is 24.0 Å². The Labute approximate surface area is 105 Å². The molecule has 0 saturated carbocycles. The minimum atomic E-state index is 0.390. The molecule has 0 aliphatic carbocycles. The minimum Gasteiger partial charge on any atom is -0.311 e. The van der Waals surface area contributed by atoms with Gasteiger partial charge < -0.3 is 5.32 Å². The molecule has 0 amide bonds. The predicted molar refractivity (Wildman–Crippen MR) is 73.2 cm³/mol. The van der Waals surface area contributed by atoms with Crippen LogP contribution in [0.4, 0.5) is 0 Å². The Balaban J connectivity index is 1.81. The summed E-state index contributed by atoms with van der Waals surface area (Å²) in [6.45, 7) is 12.0. The lowest BCUT2D eigenvalue weighted by Crippen LogP contribution is -2.56. The van der Waals surface area contributed by atoms with Crippen LogP contribution in [0.2, 0.25) is 0 Å². The van der Waals surface area contributed by atoms with Crippen molar-refractivity contribution in [3.05, 3.63) is 0 Å². The number of hydrogen-bond acceptors (Lipinski definition) is 3. The first-order valence-electron chi connectivity index (χ1n) is 6.63. The zero-order valence-electron chi connectivity index (χ0n) is 11.0. The number of thioether (sulfide) groups is 1. The molecule has 2 rings (SSSR count). The maximum absolute atomic E-state index is 3.67. The lowest BCUT2D eigenvalue weighted by atomic mass is 9.85. The molecule has 2 aliphatic heterocycles. The highest BCUT2D eigenvalue weighted by Gasteiger charge is 2.30. The summed E-state index contributed by atoms with van der Waals surface area (Å²) >= 11 is 2.18. The van der Waals surface area contributed by atoms with Gasteiger partial charge in [-0.15, -0.1) is 0 Å². The maximum Gasteiger partial charge on any atom is 0.0244 e. The van der Waals surface area contributed by atoms with E-state index in [1.165, 1.54) is 44.8 Å². The van der Waals surface area contributed by atoms with Crippen molar-refractivity contribution in [1.82, 2.24) is 10.2 Å². The van der Waals surface area contributed by atoms with Gasteiger partial charge in [0.05, 0.1) is 0 Å². The van der Waals surface area contributed by atoms with Gasteiger partial charge in [0, 0.05) is 37.5 Å². The van der Waals surface area contributed by atoms with Gasteiger partial charge in [-0.1, -0.05) is 20.8 Å². The van der Waals surface area contributed by atoms with Gasteiger partial charge in [-0.25, -0.2) is 0 Å². The molecule has 16 heavy (non-hydrogen) atoms. The summed E-state index contributed by atoms with van der Waals surface area (Å²) in [6, 6.07) is 0.660. The SMILES string of the molecule is CC(C)(C)C1CN(CC2CCCS2)CCN1. The Bertz CT molecular complexity index is 218. The first-order chi connectivity index (χ1) is 7.55. The average Bonchev–Trinajstić information content (AvgIpc) is 2.70. The summed E-state index contributed by atoms with van der Waals surface area (Å²) in [7, 11) is 0. The highest BCUT2D eigenvalue weighted by atomic mass is 32.2. The topological polar surface area (TPSA) is 15.3 Å². The summed E-state index contributed by atoms with van der Waals surface area (Å²) in [5.41, 5.74) is 0.390. The highest BCUT2D eigenvalue weighted by molar-refractivity contribution is 8.00. The minimum absolute atomic E-state index is 0.390. The van der Waals surface area contributed by atoms with E-state index in [1.54, 1.807) is 0 Å². The second kappa shape index (κ2) is 5.28. The number of nitrogens with one attached hydrogen (secondary N) is 1. The Morgan fingerprint density at radius 1 is 1.38 bits per heavy atom. The molecule has 2 atom stereocenters. The van der Waals surface area contributed by atoms with Crippen LogP contribution >= 0.6 is 11.8 Å². The van der Waals surface area contributed by atoms with E-state index < -0.39 is 0 Å². The molecule has 0 aromatic heterocycles. The van der Waals surface area contributed by atoms with Gasteiger partial charge in [0.1, 0.15) is 0 Å². The lowest BCUT2D eigenvalue weighted by Gasteiger charge is -2.41. The first-order valence-corrected chi connectivity index (χ1v) is 7.68. The number of nitrogens with zero attached hydrogens (tertiary/aromatic N) is 1. The fraction of sp³-hybridized carbons (Fsp3) is 1.00. The van der Waals surface area contributed by atoms with Crippen molar-refractivity contribution >= 4 is 11.8 Å². The van der Waals surface area contributed by atoms with E-state index in [9.17, 15) is 0 Å². The zero-order valence-corrected chi connectivity index (χ0v) is 11.8. The van der Waals surface area contributed by atoms with E-state index in [4.69, 9.17) is 0 Å². The zero-order chi connectivity index (χ0) is 11.6. The van der Waals surface area contributed by atoms with E-state index in [-0.39, 0.29) is 0 Å². The summed E-state index contributed by atoms with van der Waals surface area (Å²) < 4.78 is 0. The Morgan fingerprint density at radius 2 is 2.19 bits per heavy atom. The third-order valence-corrected chi connectivity index (χ3v) is 5.17. The van der Waals surface area contributed by atoms with Crippen LogP contribution in [0.25, 0.3) is 0 Å². The summed E-state index contributed by atoms with van der Waals surface area (Å²) in [4.78, 5) is 2.68. The van der Waals surface area contributed by atoms with Crippen LogP contribution in [-0.2, 0) is 0 Å². The van der Waals surface area contributed by atoms with Gasteiger partial charge >= 0.3 is 0 Å². The molecular weight excluding hydrogens is 216 g/mol. The molecule has 2 fully saturated rings. The van der Waals surface area contributed by atoms with Crippen molar-refractivity contribution in [2.45, 2.75) is 44.9 Å². The van der Waals surface area contributed by atoms with Crippen LogP contribution < -0.4 is 5.32 Å². The van der Waals surface area contributed by atoms with Crippen molar-refractivity contribution in [1.29, 1.82) is 0 Å². The quantitative estimate of drug-likeness (QED) is 0.799. The van der Waals surface area contributed by atoms with Crippen molar-refractivity contribution in [3.63, 3.8) is 0 Å². The van der Waals surface area contributed by atoms with Gasteiger partial charge in [-0.3, -0.25) is 4.90 Å². The Morgan fingerprint density at radius 3 is 2.81 bits per heavy atom. The normalized spacial score (nSPS) is 33.2. The standard InChI is InChI=1S/C13H26N2S/c1-13(2,3)12-10-15(7-6-14-12)9-11-5-4-8-16-11/h11-12,14H,4-10H2,1-3H3. The van der Waals surface area contributed by atoms with E-state index in [2.05, 4.69) is 42.7 Å². The Kier molecular flexibility index (Phi) is 4.20. The van der Waals surface area contributed by atoms with Crippen LogP contribution in [0.5, 0.6) is 0 Å². The molecule has 2 aliphatic rings. The van der Waals surface area contributed by atoms with E-state index in [0.29, 0.717) is 11.5 Å². The molecule has 0 bridgehead atoms. The molecule has 0 aromatic carbocycles. The third-order valence-electron chi connectivity index (χ3n) is 3.79. The van der Waals surface area contributed by atoms with Crippen molar-refractivity contribution in [2.75, 3.05) is 31.9 Å². The van der Waals surface area contributed by atoms with Crippen molar-refractivity contribution in [2.24, 2.45) is 5.41 Å². The number of piperazine rings is 1. The maximum atomic E-state index is 3.67. The number of hydrogen-bond donors (Lipinski definition) is 1. The molecule has 94 valence electrons. The molecule has 2 heterocycles. The largest absolute Gasteiger partial charge is 0.311 e. The fourth-order valence-electron chi connectivity index (χ4n) is 2.63. The molecule has 0 spiro atoms. The molecule has 3 heteroatoms. The van der Waals surface area contributed by atoms with Crippen LogP contribution in [-0.4, -0.2) is 48.1 Å². The highest BCUT2D eigenvalue weighted by Crippen LogP contribution is 2.28. The first kappa shape index (κ1) is 12.7. The summed E-state index contributed by atoms with van der Waals surface area (Å²) in [5.74, 6) is 1.39. The number of rotatable bonds is 2.